The molecule has 8 heteroatoms. The summed E-state index contributed by atoms with van der Waals surface area (Å²) in [5, 5.41) is 8.86. The van der Waals surface area contributed by atoms with Crippen molar-refractivity contribution in [3.8, 4) is 23.0 Å². The lowest BCUT2D eigenvalue weighted by Gasteiger charge is -2.02. The molecule has 7 nitrogen and oxygen atoms in total. The van der Waals surface area contributed by atoms with Crippen molar-refractivity contribution in [2.45, 2.75) is 6.54 Å². The normalized spacial score (nSPS) is 10.6. The van der Waals surface area contributed by atoms with Crippen molar-refractivity contribution >= 4 is 17.2 Å². The molecule has 1 N–H and O–H groups in total. The number of rotatable bonds is 5. The van der Waals surface area contributed by atoms with Crippen molar-refractivity contribution in [2.24, 2.45) is 0 Å². The van der Waals surface area contributed by atoms with Crippen LogP contribution in [0, 0.1) is 0 Å². The van der Waals surface area contributed by atoms with E-state index < -0.39 is 0 Å². The Morgan fingerprint density at radius 3 is 2.69 bits per heavy atom. The van der Waals surface area contributed by atoms with E-state index in [9.17, 15) is 4.79 Å². The Kier molecular flexibility index (Phi) is 4.48. The van der Waals surface area contributed by atoms with Gasteiger partial charge in [0.1, 0.15) is 5.69 Å². The van der Waals surface area contributed by atoms with E-state index in [1.807, 2.05) is 30.3 Å². The van der Waals surface area contributed by atoms with Gasteiger partial charge in [-0.2, -0.15) is 4.98 Å². The minimum absolute atomic E-state index is 0.237. The molecule has 0 saturated carbocycles. The molecule has 0 radical (unpaired) electrons. The number of pyridine rings is 1. The first-order valence-corrected chi connectivity index (χ1v) is 8.70. The molecule has 3 aromatic heterocycles. The van der Waals surface area contributed by atoms with Gasteiger partial charge in [-0.05, 0) is 17.7 Å². The highest BCUT2D eigenvalue weighted by atomic mass is 32.1. The monoisotopic (exact) mass is 363 g/mol. The Bertz CT molecular complexity index is 1010. The van der Waals surface area contributed by atoms with Gasteiger partial charge in [-0.25, -0.2) is 4.98 Å². The molecular weight excluding hydrogens is 350 g/mol. The fourth-order valence-electron chi connectivity index (χ4n) is 2.28. The van der Waals surface area contributed by atoms with Crippen LogP contribution in [0.2, 0.25) is 0 Å². The highest BCUT2D eigenvalue weighted by Gasteiger charge is 2.17. The van der Waals surface area contributed by atoms with Gasteiger partial charge >= 0.3 is 0 Å². The molecule has 4 aromatic rings. The van der Waals surface area contributed by atoms with Crippen LogP contribution in [0.25, 0.3) is 23.0 Å². The third-order valence-electron chi connectivity index (χ3n) is 3.58. The number of hydrogen-bond donors (Lipinski definition) is 1. The molecule has 0 unspecified atom stereocenters. The van der Waals surface area contributed by atoms with Crippen molar-refractivity contribution in [1.82, 2.24) is 25.4 Å². The molecule has 0 bridgehead atoms. The zero-order valence-electron chi connectivity index (χ0n) is 13.5. The van der Waals surface area contributed by atoms with Gasteiger partial charge < -0.3 is 9.84 Å². The van der Waals surface area contributed by atoms with E-state index in [0.29, 0.717) is 23.1 Å². The molecule has 1 aromatic carbocycles. The topological polar surface area (TPSA) is 93.8 Å². The van der Waals surface area contributed by atoms with E-state index >= 15 is 0 Å². The van der Waals surface area contributed by atoms with Crippen LogP contribution < -0.4 is 5.32 Å². The fourth-order valence-corrected chi connectivity index (χ4v) is 2.98. The summed E-state index contributed by atoms with van der Waals surface area (Å²) in [6.45, 7) is 0.446. The molecule has 0 aliphatic carbocycles. The molecule has 4 rings (SSSR count). The summed E-state index contributed by atoms with van der Waals surface area (Å²) in [6.07, 6.45) is 3.31. The van der Waals surface area contributed by atoms with E-state index in [1.54, 1.807) is 29.9 Å². The SMILES string of the molecule is O=C(NCc1ccccc1)c1nc(-c2nc(-c3ccncc3)no2)cs1. The lowest BCUT2D eigenvalue weighted by molar-refractivity contribution is 0.0950. The van der Waals surface area contributed by atoms with Gasteiger partial charge in [0, 0.05) is 29.9 Å². The molecule has 3 heterocycles. The Balaban J connectivity index is 1.46. The number of carbonyl (C=O) groups excluding carboxylic acids is 1. The summed E-state index contributed by atoms with van der Waals surface area (Å²) in [5.74, 6) is 0.486. The Morgan fingerprint density at radius 2 is 1.88 bits per heavy atom. The van der Waals surface area contributed by atoms with Gasteiger partial charge in [-0.15, -0.1) is 11.3 Å². The number of carbonyl (C=O) groups is 1. The van der Waals surface area contributed by atoms with Gasteiger partial charge in [0.2, 0.25) is 5.82 Å². The summed E-state index contributed by atoms with van der Waals surface area (Å²) >= 11 is 1.23. The predicted molar refractivity (Wildman–Crippen MR) is 96.2 cm³/mol. The van der Waals surface area contributed by atoms with Crippen LogP contribution in [0.4, 0.5) is 0 Å². The van der Waals surface area contributed by atoms with Gasteiger partial charge in [0.15, 0.2) is 5.01 Å². The predicted octanol–water partition coefficient (Wildman–Crippen LogP) is 3.19. The summed E-state index contributed by atoms with van der Waals surface area (Å²) in [4.78, 5) is 24.8. The zero-order valence-corrected chi connectivity index (χ0v) is 14.3. The van der Waals surface area contributed by atoms with E-state index in [2.05, 4.69) is 25.4 Å². The molecule has 0 fully saturated rings. The van der Waals surface area contributed by atoms with E-state index in [0.717, 1.165) is 11.1 Å². The summed E-state index contributed by atoms with van der Waals surface area (Å²) in [6, 6.07) is 13.3. The summed E-state index contributed by atoms with van der Waals surface area (Å²) in [5.41, 5.74) is 2.30. The summed E-state index contributed by atoms with van der Waals surface area (Å²) < 4.78 is 5.26. The summed E-state index contributed by atoms with van der Waals surface area (Å²) in [7, 11) is 0. The second kappa shape index (κ2) is 7.24. The molecule has 0 aliphatic rings. The maximum Gasteiger partial charge on any atom is 0.280 e. The second-order valence-corrected chi connectivity index (χ2v) is 6.22. The van der Waals surface area contributed by atoms with Gasteiger partial charge in [-0.1, -0.05) is 35.5 Å². The average molecular weight is 363 g/mol. The minimum Gasteiger partial charge on any atom is -0.346 e. The second-order valence-electron chi connectivity index (χ2n) is 5.37. The first-order valence-electron chi connectivity index (χ1n) is 7.82. The van der Waals surface area contributed by atoms with Crippen molar-refractivity contribution in [2.75, 3.05) is 0 Å². The number of thiazole rings is 1. The molecule has 1 amide bonds. The van der Waals surface area contributed by atoms with Crippen molar-refractivity contribution in [3.63, 3.8) is 0 Å². The third kappa shape index (κ3) is 3.50. The first-order chi connectivity index (χ1) is 12.8. The number of hydrogen-bond acceptors (Lipinski definition) is 7. The lowest BCUT2D eigenvalue weighted by atomic mass is 10.2. The van der Waals surface area contributed by atoms with Crippen molar-refractivity contribution in [3.05, 3.63) is 70.8 Å². The maximum absolute atomic E-state index is 12.3. The van der Waals surface area contributed by atoms with Crippen LogP contribution in [-0.4, -0.2) is 26.0 Å². The van der Waals surface area contributed by atoms with Crippen molar-refractivity contribution in [1.29, 1.82) is 0 Å². The zero-order chi connectivity index (χ0) is 17.8. The lowest BCUT2D eigenvalue weighted by Crippen LogP contribution is -2.22. The van der Waals surface area contributed by atoms with Gasteiger partial charge in [-0.3, -0.25) is 9.78 Å². The van der Waals surface area contributed by atoms with Crippen LogP contribution in [0.1, 0.15) is 15.4 Å². The number of benzene rings is 1. The number of amides is 1. The van der Waals surface area contributed by atoms with Gasteiger partial charge in [0.05, 0.1) is 0 Å². The maximum atomic E-state index is 12.3. The molecule has 0 atom stereocenters. The van der Waals surface area contributed by atoms with E-state index in [-0.39, 0.29) is 11.8 Å². The third-order valence-corrected chi connectivity index (χ3v) is 4.42. The minimum atomic E-state index is -0.237. The number of aromatic nitrogens is 4. The number of nitrogens with zero attached hydrogens (tertiary/aromatic N) is 4. The largest absolute Gasteiger partial charge is 0.346 e. The standard InChI is InChI=1S/C18H13N5O2S/c24-16(20-10-12-4-2-1-3-5-12)18-21-14(11-26-18)17-22-15(23-25-17)13-6-8-19-9-7-13/h1-9,11H,10H2,(H,20,24). The van der Waals surface area contributed by atoms with Crippen LogP contribution in [0.5, 0.6) is 0 Å². The Hall–Kier alpha value is -3.39. The quantitative estimate of drug-likeness (QED) is 0.585. The van der Waals surface area contributed by atoms with Crippen LogP contribution >= 0.6 is 11.3 Å². The molecule has 0 saturated heterocycles. The molecule has 0 aliphatic heterocycles. The van der Waals surface area contributed by atoms with Crippen molar-refractivity contribution < 1.29 is 9.32 Å². The Labute approximate surface area is 152 Å². The first kappa shape index (κ1) is 16.1. The molecular formula is C18H13N5O2S. The Morgan fingerprint density at radius 1 is 1.08 bits per heavy atom. The smallest absolute Gasteiger partial charge is 0.280 e. The van der Waals surface area contributed by atoms with Crippen LogP contribution in [0.3, 0.4) is 0 Å². The van der Waals surface area contributed by atoms with E-state index in [4.69, 9.17) is 4.52 Å². The highest BCUT2D eigenvalue weighted by Crippen LogP contribution is 2.23. The molecule has 0 spiro atoms. The van der Waals surface area contributed by atoms with E-state index in [1.165, 1.54) is 11.3 Å². The van der Waals surface area contributed by atoms with Gasteiger partial charge in [0.25, 0.3) is 11.8 Å². The molecule has 128 valence electrons. The number of nitrogens with one attached hydrogen (secondary N) is 1. The molecule has 26 heavy (non-hydrogen) atoms. The highest BCUT2D eigenvalue weighted by molar-refractivity contribution is 7.12. The van der Waals surface area contributed by atoms with Crippen LogP contribution in [-0.2, 0) is 6.54 Å². The average Bonchev–Trinajstić information content (AvgIpc) is 3.37. The fraction of sp³-hybridized carbons (Fsp3) is 0.0556. The van der Waals surface area contributed by atoms with Crippen LogP contribution in [0.15, 0.2) is 64.8 Å².